The Kier molecular flexibility index (Phi) is 3.99. The van der Waals surface area contributed by atoms with Crippen LogP contribution < -0.4 is 0 Å². The molecule has 0 saturated heterocycles. The average Bonchev–Trinajstić information content (AvgIpc) is 3.01. The van der Waals surface area contributed by atoms with Crippen molar-refractivity contribution >= 4 is 5.57 Å². The molecule has 0 bridgehead atoms. The Hall–Kier alpha value is -1.34. The van der Waals surface area contributed by atoms with Gasteiger partial charge in [-0.15, -0.1) is 0 Å². The molecule has 0 unspecified atom stereocenters. The van der Waals surface area contributed by atoms with Gasteiger partial charge in [-0.2, -0.15) is 0 Å². The summed E-state index contributed by atoms with van der Waals surface area (Å²) in [5.74, 6) is 2.98. The summed E-state index contributed by atoms with van der Waals surface area (Å²) in [6.07, 6.45) is 12.0. The van der Waals surface area contributed by atoms with E-state index in [4.69, 9.17) is 0 Å². The molecule has 5 rings (SSSR count). The lowest BCUT2D eigenvalue weighted by atomic mass is 9.45. The Labute approximate surface area is 164 Å². The first-order valence-electron chi connectivity index (χ1n) is 11.1. The Morgan fingerprint density at radius 2 is 1.70 bits per heavy atom. The maximum Gasteiger partial charge on any atom is 0.0577 e. The number of rotatable bonds is 1. The molecule has 1 N–H and O–H groups in total. The second-order valence-electron chi connectivity index (χ2n) is 10.3. The van der Waals surface area contributed by atoms with E-state index in [-0.39, 0.29) is 6.10 Å². The predicted molar refractivity (Wildman–Crippen MR) is 112 cm³/mol. The molecular formula is C26H34O. The van der Waals surface area contributed by atoms with Crippen LogP contribution >= 0.6 is 0 Å². The standard InChI is InChI=1S/C26H34O/c1-17-15-19-16-20(27)11-13-25(19,2)23-12-14-26(3)21(9-10-22(26)24(17)23)18-7-5-4-6-8-18/h4-9,15,17,20,22-24,27H,10-14,16H2,1-3H3/t17-,20+,22-,23-,24-,25-,26+/m0/s1. The molecule has 0 heterocycles. The fourth-order valence-corrected chi connectivity index (χ4v) is 7.64. The summed E-state index contributed by atoms with van der Waals surface area (Å²) in [4.78, 5) is 0. The van der Waals surface area contributed by atoms with E-state index in [9.17, 15) is 5.11 Å². The smallest absolute Gasteiger partial charge is 0.0577 e. The molecule has 144 valence electrons. The van der Waals surface area contributed by atoms with Crippen LogP contribution in [-0.2, 0) is 0 Å². The first-order valence-corrected chi connectivity index (χ1v) is 11.1. The Bertz CT molecular complexity index is 790. The molecule has 1 aromatic carbocycles. The topological polar surface area (TPSA) is 20.2 Å². The van der Waals surface area contributed by atoms with Gasteiger partial charge in [0.1, 0.15) is 0 Å². The minimum absolute atomic E-state index is 0.111. The highest BCUT2D eigenvalue weighted by Crippen LogP contribution is 2.67. The van der Waals surface area contributed by atoms with E-state index in [2.05, 4.69) is 63.3 Å². The average molecular weight is 363 g/mol. The highest BCUT2D eigenvalue weighted by atomic mass is 16.3. The van der Waals surface area contributed by atoms with E-state index in [1.165, 1.54) is 31.2 Å². The van der Waals surface area contributed by atoms with Crippen molar-refractivity contribution in [3.63, 3.8) is 0 Å². The van der Waals surface area contributed by atoms with Gasteiger partial charge in [0.2, 0.25) is 0 Å². The largest absolute Gasteiger partial charge is 0.393 e. The molecule has 1 nitrogen and oxygen atoms in total. The first-order chi connectivity index (χ1) is 12.9. The molecule has 0 spiro atoms. The number of benzene rings is 1. The number of hydrogen-bond acceptors (Lipinski definition) is 1. The molecule has 1 aromatic rings. The van der Waals surface area contributed by atoms with Crippen molar-refractivity contribution in [2.45, 2.75) is 65.4 Å². The van der Waals surface area contributed by atoms with Crippen molar-refractivity contribution in [3.8, 4) is 0 Å². The molecule has 0 aliphatic heterocycles. The van der Waals surface area contributed by atoms with Crippen LogP contribution in [-0.4, -0.2) is 11.2 Å². The second kappa shape index (κ2) is 6.08. The molecule has 0 radical (unpaired) electrons. The van der Waals surface area contributed by atoms with Crippen molar-refractivity contribution in [1.29, 1.82) is 0 Å². The number of fused-ring (bicyclic) bond motifs is 5. The zero-order valence-corrected chi connectivity index (χ0v) is 17.1. The van der Waals surface area contributed by atoms with Gasteiger partial charge in [0.05, 0.1) is 6.10 Å². The van der Waals surface area contributed by atoms with Gasteiger partial charge in [-0.05, 0) is 84.2 Å². The fraction of sp³-hybridized carbons (Fsp3) is 0.615. The molecule has 4 aliphatic carbocycles. The lowest BCUT2D eigenvalue weighted by Crippen LogP contribution is -2.52. The van der Waals surface area contributed by atoms with Gasteiger partial charge in [0.25, 0.3) is 0 Å². The number of aliphatic hydroxyl groups is 1. The first kappa shape index (κ1) is 17.7. The maximum atomic E-state index is 10.2. The monoisotopic (exact) mass is 362 g/mol. The van der Waals surface area contributed by atoms with Crippen LogP contribution in [0.15, 0.2) is 48.1 Å². The SMILES string of the molecule is C[C@H]1C=C2C[C@H](O)CC[C@]2(C)[C@H]2CC[C@]3(C)C(c4ccccc4)=CC[C@H]3[C@H]12. The van der Waals surface area contributed by atoms with Crippen LogP contribution in [0.2, 0.25) is 0 Å². The molecule has 2 saturated carbocycles. The van der Waals surface area contributed by atoms with Gasteiger partial charge < -0.3 is 5.11 Å². The van der Waals surface area contributed by atoms with E-state index in [1.54, 1.807) is 11.1 Å². The second-order valence-corrected chi connectivity index (χ2v) is 10.3. The molecular weight excluding hydrogens is 328 g/mol. The van der Waals surface area contributed by atoms with E-state index >= 15 is 0 Å². The van der Waals surface area contributed by atoms with Crippen LogP contribution in [0.1, 0.15) is 64.9 Å². The minimum atomic E-state index is -0.111. The lowest BCUT2D eigenvalue weighted by Gasteiger charge is -2.59. The predicted octanol–water partition coefficient (Wildman–Crippen LogP) is 6.25. The Morgan fingerprint density at radius 3 is 2.48 bits per heavy atom. The van der Waals surface area contributed by atoms with E-state index in [0.29, 0.717) is 16.7 Å². The normalized spacial score (nSPS) is 46.0. The van der Waals surface area contributed by atoms with Crippen LogP contribution in [0.5, 0.6) is 0 Å². The fourth-order valence-electron chi connectivity index (χ4n) is 7.64. The highest BCUT2D eigenvalue weighted by molar-refractivity contribution is 5.73. The number of aliphatic hydroxyl groups excluding tert-OH is 1. The quantitative estimate of drug-likeness (QED) is 0.585. The van der Waals surface area contributed by atoms with Gasteiger partial charge in [-0.25, -0.2) is 0 Å². The third kappa shape index (κ3) is 2.47. The third-order valence-electron chi connectivity index (χ3n) is 9.07. The van der Waals surface area contributed by atoms with Gasteiger partial charge in [0, 0.05) is 0 Å². The minimum Gasteiger partial charge on any atom is -0.393 e. The van der Waals surface area contributed by atoms with Crippen molar-refractivity contribution in [2.24, 2.45) is 34.5 Å². The van der Waals surface area contributed by atoms with E-state index < -0.39 is 0 Å². The Balaban J connectivity index is 1.52. The molecule has 7 atom stereocenters. The van der Waals surface area contributed by atoms with E-state index in [1.807, 2.05) is 0 Å². The molecule has 27 heavy (non-hydrogen) atoms. The highest BCUT2D eigenvalue weighted by Gasteiger charge is 2.58. The Morgan fingerprint density at radius 1 is 0.963 bits per heavy atom. The van der Waals surface area contributed by atoms with Gasteiger partial charge in [0.15, 0.2) is 0 Å². The third-order valence-corrected chi connectivity index (χ3v) is 9.07. The number of allylic oxidation sites excluding steroid dienone is 3. The zero-order valence-electron chi connectivity index (χ0n) is 17.1. The van der Waals surface area contributed by atoms with Crippen molar-refractivity contribution < 1.29 is 5.11 Å². The molecule has 0 aromatic heterocycles. The van der Waals surface area contributed by atoms with E-state index in [0.717, 1.165) is 30.6 Å². The molecule has 4 aliphatic rings. The molecule has 2 fully saturated rings. The zero-order chi connectivity index (χ0) is 18.8. The van der Waals surface area contributed by atoms with Gasteiger partial charge >= 0.3 is 0 Å². The number of hydrogen-bond donors (Lipinski definition) is 1. The summed E-state index contributed by atoms with van der Waals surface area (Å²) >= 11 is 0. The molecule has 1 heteroatoms. The maximum absolute atomic E-state index is 10.2. The van der Waals surface area contributed by atoms with Gasteiger partial charge in [-0.3, -0.25) is 0 Å². The van der Waals surface area contributed by atoms with Crippen molar-refractivity contribution in [3.05, 3.63) is 53.6 Å². The summed E-state index contributed by atoms with van der Waals surface area (Å²) in [5, 5.41) is 10.2. The molecule has 0 amide bonds. The van der Waals surface area contributed by atoms with Gasteiger partial charge in [-0.1, -0.05) is 68.8 Å². The van der Waals surface area contributed by atoms with Crippen LogP contribution in [0.3, 0.4) is 0 Å². The summed E-state index contributed by atoms with van der Waals surface area (Å²) in [6.45, 7) is 7.54. The summed E-state index contributed by atoms with van der Waals surface area (Å²) < 4.78 is 0. The van der Waals surface area contributed by atoms with Crippen molar-refractivity contribution in [2.75, 3.05) is 0 Å². The summed E-state index contributed by atoms with van der Waals surface area (Å²) in [7, 11) is 0. The lowest BCUT2D eigenvalue weighted by molar-refractivity contribution is -0.0425. The van der Waals surface area contributed by atoms with Crippen LogP contribution in [0.25, 0.3) is 5.57 Å². The van der Waals surface area contributed by atoms with Crippen LogP contribution in [0, 0.1) is 34.5 Å². The van der Waals surface area contributed by atoms with Crippen LogP contribution in [0.4, 0.5) is 0 Å². The summed E-state index contributed by atoms with van der Waals surface area (Å²) in [5.41, 5.74) is 5.28. The van der Waals surface area contributed by atoms with Crippen molar-refractivity contribution in [1.82, 2.24) is 0 Å². The summed E-state index contributed by atoms with van der Waals surface area (Å²) in [6, 6.07) is 11.1.